The van der Waals surface area contributed by atoms with Gasteiger partial charge in [-0.25, -0.2) is 0 Å². The normalized spacial score (nSPS) is 10.3. The first-order valence-electron chi connectivity index (χ1n) is 6.18. The lowest BCUT2D eigenvalue weighted by Crippen LogP contribution is -2.38. The molecule has 0 atom stereocenters. The molecule has 0 bridgehead atoms. The largest absolute Gasteiger partial charge is 0.469 e. The third-order valence-corrected chi connectivity index (χ3v) is 2.68. The van der Waals surface area contributed by atoms with Gasteiger partial charge in [0.05, 0.1) is 32.0 Å². The Morgan fingerprint density at radius 3 is 2.70 bits per heavy atom. The average molecular weight is 284 g/mol. The van der Waals surface area contributed by atoms with E-state index >= 15 is 0 Å². The van der Waals surface area contributed by atoms with E-state index in [2.05, 4.69) is 9.84 Å². The van der Waals surface area contributed by atoms with Gasteiger partial charge in [0.1, 0.15) is 6.54 Å². The molecule has 0 aromatic carbocycles. The molecule has 8 heteroatoms. The quantitative estimate of drug-likeness (QED) is 0.646. The van der Waals surface area contributed by atoms with Crippen molar-refractivity contribution in [2.45, 2.75) is 13.0 Å². The second-order valence-corrected chi connectivity index (χ2v) is 4.17. The molecule has 0 radical (unpaired) electrons. The van der Waals surface area contributed by atoms with Crippen LogP contribution in [-0.4, -0.2) is 60.5 Å². The Morgan fingerprint density at radius 1 is 1.40 bits per heavy atom. The number of esters is 1. The Balaban J connectivity index is 2.56. The zero-order chi connectivity index (χ0) is 15.0. The highest BCUT2D eigenvalue weighted by atomic mass is 16.5. The molecule has 20 heavy (non-hydrogen) atoms. The van der Waals surface area contributed by atoms with Crippen molar-refractivity contribution in [1.82, 2.24) is 14.7 Å². The Hall–Kier alpha value is -2.09. The molecule has 1 aromatic heterocycles. The third-order valence-electron chi connectivity index (χ3n) is 2.68. The van der Waals surface area contributed by atoms with Crippen LogP contribution in [0.3, 0.4) is 0 Å². The molecule has 1 aromatic rings. The lowest BCUT2D eigenvalue weighted by atomic mass is 10.3. The smallest absolute Gasteiger partial charge is 0.307 e. The van der Waals surface area contributed by atoms with Gasteiger partial charge < -0.3 is 20.1 Å². The first-order valence-corrected chi connectivity index (χ1v) is 6.18. The van der Waals surface area contributed by atoms with Crippen molar-refractivity contribution in [2.24, 2.45) is 0 Å². The van der Waals surface area contributed by atoms with E-state index in [0.717, 1.165) is 0 Å². The summed E-state index contributed by atoms with van der Waals surface area (Å²) in [7, 11) is 2.87. The van der Waals surface area contributed by atoms with Crippen molar-refractivity contribution in [3.63, 3.8) is 0 Å². The Labute approximate surface area is 117 Å². The lowest BCUT2D eigenvalue weighted by Gasteiger charge is -2.21. The van der Waals surface area contributed by atoms with Crippen LogP contribution in [0.2, 0.25) is 0 Å². The molecule has 0 aliphatic heterocycles. The maximum absolute atomic E-state index is 12.1. The monoisotopic (exact) mass is 284 g/mol. The standard InChI is InChI=1S/C12H20N4O4/c1-19-6-5-15(4-3-12(18)20-2)11(17)9-16-8-10(13)7-14-16/h7-8H,3-6,9,13H2,1-2H3. The van der Waals surface area contributed by atoms with Crippen LogP contribution in [0.25, 0.3) is 0 Å². The van der Waals surface area contributed by atoms with Gasteiger partial charge >= 0.3 is 5.97 Å². The van der Waals surface area contributed by atoms with E-state index in [9.17, 15) is 9.59 Å². The fraction of sp³-hybridized carbons (Fsp3) is 0.583. The highest BCUT2D eigenvalue weighted by molar-refractivity contribution is 5.77. The minimum atomic E-state index is -0.358. The summed E-state index contributed by atoms with van der Waals surface area (Å²) in [5.41, 5.74) is 6.03. The van der Waals surface area contributed by atoms with Crippen molar-refractivity contribution in [2.75, 3.05) is 39.6 Å². The van der Waals surface area contributed by atoms with Crippen LogP contribution in [0.5, 0.6) is 0 Å². The summed E-state index contributed by atoms with van der Waals surface area (Å²) in [5, 5.41) is 3.95. The Bertz CT molecular complexity index is 446. The summed E-state index contributed by atoms with van der Waals surface area (Å²) in [6, 6.07) is 0. The van der Waals surface area contributed by atoms with E-state index in [1.165, 1.54) is 22.9 Å². The van der Waals surface area contributed by atoms with E-state index in [1.807, 2.05) is 0 Å². The first-order chi connectivity index (χ1) is 9.56. The molecule has 0 saturated carbocycles. The number of anilines is 1. The van der Waals surface area contributed by atoms with E-state index in [-0.39, 0.29) is 31.4 Å². The van der Waals surface area contributed by atoms with Crippen LogP contribution >= 0.6 is 0 Å². The summed E-state index contributed by atoms with van der Waals surface area (Å²) in [6.07, 6.45) is 3.20. The molecule has 0 unspecified atom stereocenters. The number of nitrogens with two attached hydrogens (primary N) is 1. The number of hydrogen-bond donors (Lipinski definition) is 1. The molecule has 0 saturated heterocycles. The van der Waals surface area contributed by atoms with Gasteiger partial charge in [-0.2, -0.15) is 5.10 Å². The maximum Gasteiger partial charge on any atom is 0.307 e. The van der Waals surface area contributed by atoms with Gasteiger partial charge in [0, 0.05) is 26.4 Å². The zero-order valence-corrected chi connectivity index (χ0v) is 11.7. The van der Waals surface area contributed by atoms with Gasteiger partial charge in [-0.05, 0) is 0 Å². The molecule has 1 rings (SSSR count). The van der Waals surface area contributed by atoms with Gasteiger partial charge in [-0.15, -0.1) is 0 Å². The highest BCUT2D eigenvalue weighted by Crippen LogP contribution is 2.01. The van der Waals surface area contributed by atoms with Gasteiger partial charge in [-0.1, -0.05) is 0 Å². The molecular formula is C12H20N4O4. The molecule has 8 nitrogen and oxygen atoms in total. The SMILES string of the molecule is COCCN(CCC(=O)OC)C(=O)Cn1cc(N)cn1. The van der Waals surface area contributed by atoms with E-state index in [4.69, 9.17) is 10.5 Å². The summed E-state index contributed by atoms with van der Waals surface area (Å²) in [4.78, 5) is 24.8. The number of nitrogens with zero attached hydrogens (tertiary/aromatic N) is 3. The highest BCUT2D eigenvalue weighted by Gasteiger charge is 2.16. The number of hydrogen-bond acceptors (Lipinski definition) is 6. The molecule has 2 N–H and O–H groups in total. The third kappa shape index (κ3) is 5.27. The van der Waals surface area contributed by atoms with Crippen molar-refractivity contribution in [3.8, 4) is 0 Å². The summed E-state index contributed by atoms with van der Waals surface area (Å²) >= 11 is 0. The van der Waals surface area contributed by atoms with Crippen molar-refractivity contribution in [3.05, 3.63) is 12.4 Å². The van der Waals surface area contributed by atoms with Crippen LogP contribution in [-0.2, 0) is 25.6 Å². The molecule has 1 amide bonds. The predicted octanol–water partition coefficient (Wildman–Crippen LogP) is -0.497. The van der Waals surface area contributed by atoms with Crippen LogP contribution in [0.1, 0.15) is 6.42 Å². The van der Waals surface area contributed by atoms with Crippen molar-refractivity contribution < 1.29 is 19.1 Å². The van der Waals surface area contributed by atoms with Crippen LogP contribution in [0.4, 0.5) is 5.69 Å². The number of nitrogen functional groups attached to an aromatic ring is 1. The predicted molar refractivity (Wildman–Crippen MR) is 71.7 cm³/mol. The average Bonchev–Trinajstić information content (AvgIpc) is 2.83. The van der Waals surface area contributed by atoms with E-state index in [0.29, 0.717) is 18.8 Å². The van der Waals surface area contributed by atoms with Gasteiger partial charge in [0.25, 0.3) is 0 Å². The second kappa shape index (κ2) is 8.16. The molecule has 0 spiro atoms. The molecular weight excluding hydrogens is 264 g/mol. The van der Waals surface area contributed by atoms with Gasteiger partial charge in [0.2, 0.25) is 5.91 Å². The van der Waals surface area contributed by atoms with Gasteiger partial charge in [-0.3, -0.25) is 14.3 Å². The molecule has 0 aliphatic carbocycles. The summed E-state index contributed by atoms with van der Waals surface area (Å²) < 4.78 is 11.0. The number of carbonyl (C=O) groups excluding carboxylic acids is 2. The minimum Gasteiger partial charge on any atom is -0.469 e. The second-order valence-electron chi connectivity index (χ2n) is 4.17. The molecule has 1 heterocycles. The fourth-order valence-electron chi connectivity index (χ4n) is 1.60. The maximum atomic E-state index is 12.1. The zero-order valence-electron chi connectivity index (χ0n) is 11.7. The minimum absolute atomic E-state index is 0.0715. The first kappa shape index (κ1) is 16.0. The van der Waals surface area contributed by atoms with E-state index < -0.39 is 0 Å². The number of ether oxygens (including phenoxy) is 2. The number of carbonyl (C=O) groups is 2. The van der Waals surface area contributed by atoms with Gasteiger partial charge in [0.15, 0.2) is 0 Å². The number of methoxy groups -OCH3 is 2. The number of rotatable bonds is 8. The lowest BCUT2D eigenvalue weighted by molar-refractivity contribution is -0.142. The Kier molecular flexibility index (Phi) is 6.51. The summed E-state index contributed by atoms with van der Waals surface area (Å²) in [6.45, 7) is 1.16. The number of aromatic nitrogens is 2. The fourth-order valence-corrected chi connectivity index (χ4v) is 1.60. The summed E-state index contributed by atoms with van der Waals surface area (Å²) in [5.74, 6) is -0.516. The van der Waals surface area contributed by atoms with E-state index in [1.54, 1.807) is 13.3 Å². The van der Waals surface area contributed by atoms with Crippen molar-refractivity contribution in [1.29, 1.82) is 0 Å². The van der Waals surface area contributed by atoms with Crippen LogP contribution in [0, 0.1) is 0 Å². The van der Waals surface area contributed by atoms with Crippen LogP contribution < -0.4 is 5.73 Å². The van der Waals surface area contributed by atoms with Crippen LogP contribution in [0.15, 0.2) is 12.4 Å². The molecule has 0 aliphatic rings. The topological polar surface area (TPSA) is 99.7 Å². The number of amides is 1. The molecule has 0 fully saturated rings. The molecule has 112 valence electrons. The Morgan fingerprint density at radius 2 is 2.15 bits per heavy atom. The van der Waals surface area contributed by atoms with Crippen molar-refractivity contribution >= 4 is 17.6 Å².